The quantitative estimate of drug-likeness (QED) is 0.658. The number of fused-ring (bicyclic) bond motifs is 2. The Bertz CT molecular complexity index is 1210. The number of aromatic nitrogens is 1. The zero-order valence-electron chi connectivity index (χ0n) is 18.3. The second-order valence-electron chi connectivity index (χ2n) is 8.09. The molecule has 2 amide bonds. The largest absolute Gasteiger partial charge is 0.486 e. The number of amides is 2. The smallest absolute Gasteiger partial charge is 0.407 e. The first-order chi connectivity index (χ1) is 15.6. The molecule has 1 fully saturated rings. The number of hydrogen-bond acceptors (Lipinski definition) is 7. The molecule has 2 aliphatic heterocycles. The van der Waals surface area contributed by atoms with Gasteiger partial charge in [0, 0.05) is 32.1 Å². The molecule has 0 radical (unpaired) electrons. The van der Waals surface area contributed by atoms with E-state index in [0.717, 1.165) is 16.2 Å². The van der Waals surface area contributed by atoms with Crippen molar-refractivity contribution in [2.45, 2.75) is 43.7 Å². The van der Waals surface area contributed by atoms with Crippen LogP contribution >= 0.6 is 11.3 Å². The minimum atomic E-state index is -3.32. The lowest BCUT2D eigenvalue weighted by atomic mass is 9.86. The van der Waals surface area contributed by atoms with Crippen LogP contribution in [0.25, 0.3) is 6.08 Å². The van der Waals surface area contributed by atoms with Crippen molar-refractivity contribution in [3.63, 3.8) is 0 Å². The molecule has 9 nitrogen and oxygen atoms in total. The topological polar surface area (TPSA) is 126 Å². The maximum absolute atomic E-state index is 12.8. The number of likely N-dealkylation sites (tertiary alicyclic amines) is 1. The van der Waals surface area contributed by atoms with E-state index >= 15 is 0 Å². The fraction of sp³-hybridized carbons (Fsp3) is 0.409. The van der Waals surface area contributed by atoms with Gasteiger partial charge in [0.25, 0.3) is 5.91 Å². The van der Waals surface area contributed by atoms with Gasteiger partial charge in [-0.15, -0.1) is 11.3 Å². The molecule has 176 valence electrons. The molecule has 1 saturated heterocycles. The minimum absolute atomic E-state index is 0.00126. The number of nitrogens with zero attached hydrogens (tertiary/aromatic N) is 2. The van der Waals surface area contributed by atoms with Gasteiger partial charge >= 0.3 is 6.09 Å². The Morgan fingerprint density at radius 2 is 2.03 bits per heavy atom. The Labute approximate surface area is 196 Å². The van der Waals surface area contributed by atoms with E-state index < -0.39 is 21.5 Å². The molecular weight excluding hydrogens is 466 g/mol. The monoisotopic (exact) mass is 491 g/mol. The molecule has 4 heterocycles. The molecule has 1 spiro atoms. The SMILES string of the molecule is CCS(=O)(=O)c1ccc(CNC(=O)c2cc3c(s2)C2(CCN(C(=O)O)CC2)OC(C)=C3)nc1. The first kappa shape index (κ1) is 23.2. The number of nitrogens with one attached hydrogen (secondary N) is 1. The van der Waals surface area contributed by atoms with Crippen LogP contribution in [0.3, 0.4) is 0 Å². The van der Waals surface area contributed by atoms with Crippen LogP contribution < -0.4 is 5.32 Å². The lowest BCUT2D eigenvalue weighted by molar-refractivity contribution is -0.0469. The summed E-state index contributed by atoms with van der Waals surface area (Å²) in [7, 11) is -3.32. The van der Waals surface area contributed by atoms with Gasteiger partial charge in [0.1, 0.15) is 5.60 Å². The van der Waals surface area contributed by atoms with Crippen molar-refractivity contribution in [1.29, 1.82) is 0 Å². The van der Waals surface area contributed by atoms with Crippen LogP contribution in [0.5, 0.6) is 0 Å². The summed E-state index contributed by atoms with van der Waals surface area (Å²) < 4.78 is 30.0. The van der Waals surface area contributed by atoms with Crippen LogP contribution in [0.15, 0.2) is 35.1 Å². The van der Waals surface area contributed by atoms with E-state index in [0.29, 0.717) is 36.5 Å². The normalized spacial score (nSPS) is 17.2. The Balaban J connectivity index is 1.48. The summed E-state index contributed by atoms with van der Waals surface area (Å²) in [5, 5.41) is 12.1. The van der Waals surface area contributed by atoms with Crippen LogP contribution in [0.2, 0.25) is 0 Å². The third kappa shape index (κ3) is 4.60. The van der Waals surface area contributed by atoms with Gasteiger partial charge in [-0.25, -0.2) is 13.2 Å². The zero-order chi connectivity index (χ0) is 23.8. The molecule has 2 aromatic rings. The summed E-state index contributed by atoms with van der Waals surface area (Å²) in [6.45, 7) is 4.34. The number of thiophene rings is 1. The van der Waals surface area contributed by atoms with Crippen molar-refractivity contribution in [1.82, 2.24) is 15.2 Å². The molecule has 0 bridgehead atoms. The predicted octanol–water partition coefficient (Wildman–Crippen LogP) is 3.23. The van der Waals surface area contributed by atoms with Crippen LogP contribution in [-0.2, 0) is 26.7 Å². The van der Waals surface area contributed by atoms with Crippen molar-refractivity contribution in [2.24, 2.45) is 0 Å². The number of allylic oxidation sites excluding steroid dienone is 1. The van der Waals surface area contributed by atoms with E-state index in [2.05, 4.69) is 10.3 Å². The zero-order valence-corrected chi connectivity index (χ0v) is 20.0. The summed E-state index contributed by atoms with van der Waals surface area (Å²) in [5.41, 5.74) is 0.854. The van der Waals surface area contributed by atoms with Gasteiger partial charge in [-0.05, 0) is 36.8 Å². The molecule has 33 heavy (non-hydrogen) atoms. The summed E-state index contributed by atoms with van der Waals surface area (Å²) in [4.78, 5) is 31.3. The maximum Gasteiger partial charge on any atom is 0.407 e. The first-order valence-electron chi connectivity index (χ1n) is 10.6. The Hall–Kier alpha value is -2.92. The van der Waals surface area contributed by atoms with E-state index in [1.54, 1.807) is 13.0 Å². The first-order valence-corrected chi connectivity index (χ1v) is 13.1. The fourth-order valence-corrected chi connectivity index (χ4v) is 6.16. The van der Waals surface area contributed by atoms with Crippen LogP contribution in [0.4, 0.5) is 4.79 Å². The number of pyridine rings is 1. The molecular formula is C22H25N3O6S2. The van der Waals surface area contributed by atoms with Gasteiger partial charge < -0.3 is 20.1 Å². The average Bonchev–Trinajstić information content (AvgIpc) is 3.23. The van der Waals surface area contributed by atoms with Crippen molar-refractivity contribution < 1.29 is 27.9 Å². The van der Waals surface area contributed by atoms with Crippen molar-refractivity contribution in [2.75, 3.05) is 18.8 Å². The summed E-state index contributed by atoms with van der Waals surface area (Å²) in [6, 6.07) is 4.92. The Morgan fingerprint density at radius 3 is 2.64 bits per heavy atom. The lowest BCUT2D eigenvalue weighted by Crippen LogP contribution is -2.46. The third-order valence-corrected chi connectivity index (χ3v) is 8.98. The van der Waals surface area contributed by atoms with Crippen LogP contribution in [-0.4, -0.2) is 54.3 Å². The predicted molar refractivity (Wildman–Crippen MR) is 123 cm³/mol. The van der Waals surface area contributed by atoms with Gasteiger partial charge in [-0.2, -0.15) is 0 Å². The number of hydrogen-bond donors (Lipinski definition) is 2. The Kier molecular flexibility index (Phi) is 6.19. The number of rotatable bonds is 5. The van der Waals surface area contributed by atoms with E-state index in [4.69, 9.17) is 4.74 Å². The number of carbonyl (C=O) groups excluding carboxylic acids is 1. The van der Waals surface area contributed by atoms with Crippen molar-refractivity contribution >= 4 is 39.3 Å². The van der Waals surface area contributed by atoms with Crippen molar-refractivity contribution in [3.8, 4) is 0 Å². The summed E-state index contributed by atoms with van der Waals surface area (Å²) in [6.07, 6.45) is 3.31. The summed E-state index contributed by atoms with van der Waals surface area (Å²) >= 11 is 1.36. The number of carboxylic acid groups (broad SMARTS) is 1. The maximum atomic E-state index is 12.8. The molecule has 2 aliphatic rings. The molecule has 0 saturated carbocycles. The Morgan fingerprint density at radius 1 is 1.30 bits per heavy atom. The molecule has 0 aliphatic carbocycles. The van der Waals surface area contributed by atoms with E-state index in [9.17, 15) is 23.1 Å². The molecule has 2 N–H and O–H groups in total. The van der Waals surface area contributed by atoms with E-state index in [1.165, 1.54) is 28.5 Å². The van der Waals surface area contributed by atoms with Gasteiger partial charge in [0.2, 0.25) is 0 Å². The number of piperidine rings is 1. The van der Waals surface area contributed by atoms with Gasteiger partial charge in [-0.1, -0.05) is 6.92 Å². The molecule has 0 aromatic carbocycles. The second kappa shape index (κ2) is 8.79. The second-order valence-corrected chi connectivity index (χ2v) is 11.4. The molecule has 0 atom stereocenters. The molecule has 4 rings (SSSR count). The highest BCUT2D eigenvalue weighted by molar-refractivity contribution is 7.91. The highest BCUT2D eigenvalue weighted by Gasteiger charge is 2.44. The van der Waals surface area contributed by atoms with Gasteiger partial charge in [-0.3, -0.25) is 9.78 Å². The lowest BCUT2D eigenvalue weighted by Gasteiger charge is -2.42. The third-order valence-electron chi connectivity index (χ3n) is 5.92. The van der Waals surface area contributed by atoms with Crippen molar-refractivity contribution in [3.05, 3.63) is 51.2 Å². The highest BCUT2D eigenvalue weighted by Crippen LogP contribution is 2.47. The fourth-order valence-electron chi connectivity index (χ4n) is 4.10. The van der Waals surface area contributed by atoms with Crippen LogP contribution in [0, 0.1) is 0 Å². The highest BCUT2D eigenvalue weighted by atomic mass is 32.2. The van der Waals surface area contributed by atoms with E-state index in [-0.39, 0.29) is 23.1 Å². The van der Waals surface area contributed by atoms with E-state index in [1.807, 2.05) is 19.1 Å². The number of carbonyl (C=O) groups is 2. The molecule has 2 aromatic heterocycles. The summed E-state index contributed by atoms with van der Waals surface area (Å²) in [5.74, 6) is 0.481. The average molecular weight is 492 g/mol. The van der Waals surface area contributed by atoms with Crippen LogP contribution in [0.1, 0.15) is 52.5 Å². The van der Waals surface area contributed by atoms with Gasteiger partial charge in [0.15, 0.2) is 9.84 Å². The molecule has 11 heteroatoms. The number of ether oxygens (including phenoxy) is 1. The standard InChI is InChI=1S/C22H25N3O6S2/c1-3-33(29,30)17-5-4-16(23-13-17)12-24-20(26)18-11-15-10-14(2)31-22(19(15)32-18)6-8-25(9-7-22)21(27)28/h4-5,10-11,13H,3,6-9,12H2,1-2H3,(H,24,26)(H,27,28). The van der Waals surface area contributed by atoms with Gasteiger partial charge in [0.05, 0.1) is 38.4 Å². The minimum Gasteiger partial charge on any atom is -0.486 e. The molecule has 0 unspecified atom stereocenters. The number of sulfone groups is 1.